The van der Waals surface area contributed by atoms with E-state index < -0.39 is 0 Å². The lowest BCUT2D eigenvalue weighted by molar-refractivity contribution is -0.00179. The molecule has 7 nitrogen and oxygen atoms in total. The maximum atomic E-state index is 12.6. The van der Waals surface area contributed by atoms with Crippen molar-refractivity contribution in [2.45, 2.75) is 32.7 Å². The summed E-state index contributed by atoms with van der Waals surface area (Å²) in [6.07, 6.45) is -0.136. The van der Waals surface area contributed by atoms with Crippen LogP contribution >= 0.6 is 0 Å². The van der Waals surface area contributed by atoms with Gasteiger partial charge in [-0.15, -0.1) is 5.10 Å². The molecule has 1 atom stereocenters. The molecule has 1 aliphatic heterocycles. The van der Waals surface area contributed by atoms with Gasteiger partial charge in [0.25, 0.3) is 5.91 Å². The number of aryl methyl sites for hydroxylation is 1. The molecule has 3 aromatic rings. The number of hydrogen-bond acceptors (Lipinski definition) is 5. The lowest BCUT2D eigenvalue weighted by Gasteiger charge is -2.24. The summed E-state index contributed by atoms with van der Waals surface area (Å²) < 4.78 is 12.9. The molecule has 0 saturated heterocycles. The topological polar surface area (TPSA) is 78.3 Å². The van der Waals surface area contributed by atoms with Crippen LogP contribution in [-0.4, -0.2) is 28.0 Å². The highest BCUT2D eigenvalue weighted by molar-refractivity contribution is 5.93. The molecule has 1 aromatic heterocycles. The molecule has 0 saturated carbocycles. The Morgan fingerprint density at radius 1 is 1.29 bits per heavy atom. The van der Waals surface area contributed by atoms with Crippen LogP contribution in [0.2, 0.25) is 0 Å². The van der Waals surface area contributed by atoms with Crippen molar-refractivity contribution in [1.82, 2.24) is 20.3 Å². The van der Waals surface area contributed by atoms with Crippen molar-refractivity contribution >= 4 is 5.91 Å². The van der Waals surface area contributed by atoms with Crippen LogP contribution in [0.15, 0.2) is 48.5 Å². The number of methoxy groups -OCH3 is 1. The molecule has 0 spiro atoms. The fourth-order valence-electron chi connectivity index (χ4n) is 3.30. The maximum Gasteiger partial charge on any atom is 0.274 e. The summed E-state index contributed by atoms with van der Waals surface area (Å²) in [4.78, 5) is 12.6. The molecule has 144 valence electrons. The van der Waals surface area contributed by atoms with Gasteiger partial charge in [0.2, 0.25) is 0 Å². The average molecular weight is 378 g/mol. The van der Waals surface area contributed by atoms with Gasteiger partial charge in [0.1, 0.15) is 11.9 Å². The zero-order chi connectivity index (χ0) is 19.5. The largest absolute Gasteiger partial charge is 0.497 e. The van der Waals surface area contributed by atoms with Gasteiger partial charge in [0, 0.05) is 6.54 Å². The van der Waals surface area contributed by atoms with E-state index in [1.807, 2.05) is 55.5 Å². The molecular weight excluding hydrogens is 356 g/mol. The summed E-state index contributed by atoms with van der Waals surface area (Å²) in [5, 5.41) is 11.2. The maximum absolute atomic E-state index is 12.6. The van der Waals surface area contributed by atoms with Crippen LogP contribution in [0.1, 0.15) is 39.0 Å². The van der Waals surface area contributed by atoms with E-state index in [0.717, 1.165) is 22.4 Å². The molecule has 2 heterocycles. The molecule has 28 heavy (non-hydrogen) atoms. The van der Waals surface area contributed by atoms with E-state index in [4.69, 9.17) is 9.47 Å². The quantitative estimate of drug-likeness (QED) is 0.739. The molecule has 4 rings (SSSR count). The number of rotatable bonds is 5. The molecule has 0 bridgehead atoms. The first-order valence-electron chi connectivity index (χ1n) is 9.15. The fourth-order valence-corrected chi connectivity index (χ4v) is 3.30. The third-order valence-corrected chi connectivity index (χ3v) is 4.84. The number of carbonyl (C=O) groups excluding carboxylic acids is 1. The zero-order valence-electron chi connectivity index (χ0n) is 15.9. The fraction of sp³-hybridized carbons (Fsp3) is 0.286. The van der Waals surface area contributed by atoms with Crippen LogP contribution in [0.4, 0.5) is 0 Å². The summed E-state index contributed by atoms with van der Waals surface area (Å²) in [6, 6.07) is 15.8. The first-order valence-corrected chi connectivity index (χ1v) is 9.15. The van der Waals surface area contributed by atoms with Gasteiger partial charge < -0.3 is 14.8 Å². The predicted octanol–water partition coefficient (Wildman–Crippen LogP) is 2.80. The third-order valence-electron chi connectivity index (χ3n) is 4.84. The van der Waals surface area contributed by atoms with Crippen LogP contribution in [-0.2, 0) is 24.4 Å². The SMILES string of the molecule is COc1ccc([C@H]2Cn3nnc(C(=O)NCc4cccc(C)c4)c3CO2)cc1. The summed E-state index contributed by atoms with van der Waals surface area (Å²) in [5.41, 5.74) is 4.26. The minimum atomic E-state index is -0.241. The molecule has 1 aliphatic rings. The summed E-state index contributed by atoms with van der Waals surface area (Å²) in [5.74, 6) is 0.558. The molecule has 0 radical (unpaired) electrons. The molecule has 1 amide bonds. The second-order valence-electron chi connectivity index (χ2n) is 6.81. The first kappa shape index (κ1) is 18.2. The van der Waals surface area contributed by atoms with Crippen LogP contribution in [0.25, 0.3) is 0 Å². The number of ether oxygens (including phenoxy) is 2. The van der Waals surface area contributed by atoms with Crippen molar-refractivity contribution < 1.29 is 14.3 Å². The normalized spacial score (nSPS) is 15.7. The Labute approximate surface area is 163 Å². The van der Waals surface area contributed by atoms with Crippen molar-refractivity contribution in [3.8, 4) is 5.75 Å². The molecule has 0 aliphatic carbocycles. The Hall–Kier alpha value is -3.19. The van der Waals surface area contributed by atoms with E-state index >= 15 is 0 Å². The molecule has 0 unspecified atom stereocenters. The van der Waals surface area contributed by atoms with E-state index in [-0.39, 0.29) is 18.6 Å². The van der Waals surface area contributed by atoms with Crippen molar-refractivity contribution in [2.24, 2.45) is 0 Å². The van der Waals surface area contributed by atoms with Gasteiger partial charge in [0.05, 0.1) is 26.0 Å². The van der Waals surface area contributed by atoms with Crippen molar-refractivity contribution in [2.75, 3.05) is 7.11 Å². The van der Waals surface area contributed by atoms with Gasteiger partial charge in [-0.2, -0.15) is 0 Å². The number of aromatic nitrogens is 3. The van der Waals surface area contributed by atoms with E-state index in [2.05, 4.69) is 15.6 Å². The van der Waals surface area contributed by atoms with E-state index in [1.54, 1.807) is 11.8 Å². The lowest BCUT2D eigenvalue weighted by atomic mass is 10.1. The Kier molecular flexibility index (Phi) is 5.08. The second-order valence-corrected chi connectivity index (χ2v) is 6.81. The predicted molar refractivity (Wildman–Crippen MR) is 103 cm³/mol. The molecule has 0 fully saturated rings. The number of nitrogens with one attached hydrogen (secondary N) is 1. The van der Waals surface area contributed by atoms with Gasteiger partial charge in [-0.25, -0.2) is 4.68 Å². The van der Waals surface area contributed by atoms with E-state index in [1.165, 1.54) is 0 Å². The summed E-state index contributed by atoms with van der Waals surface area (Å²) in [7, 11) is 1.64. The highest BCUT2D eigenvalue weighted by atomic mass is 16.5. The average Bonchev–Trinajstić information content (AvgIpc) is 3.15. The number of fused-ring (bicyclic) bond motifs is 1. The zero-order valence-corrected chi connectivity index (χ0v) is 15.9. The van der Waals surface area contributed by atoms with Crippen molar-refractivity contribution in [3.05, 3.63) is 76.6 Å². The number of benzene rings is 2. The first-order chi connectivity index (χ1) is 13.6. The monoisotopic (exact) mass is 378 g/mol. The highest BCUT2D eigenvalue weighted by Crippen LogP contribution is 2.28. The van der Waals surface area contributed by atoms with Crippen molar-refractivity contribution in [3.63, 3.8) is 0 Å². The Morgan fingerprint density at radius 3 is 2.86 bits per heavy atom. The number of amides is 1. The molecule has 2 aromatic carbocycles. The minimum Gasteiger partial charge on any atom is -0.497 e. The Balaban J connectivity index is 1.43. The Morgan fingerprint density at radius 2 is 2.11 bits per heavy atom. The standard InChI is InChI=1S/C21H22N4O3/c1-14-4-3-5-15(10-14)11-22-21(26)20-18-13-28-19(12-25(18)24-23-20)16-6-8-17(27-2)9-7-16/h3-10,19H,11-13H2,1-2H3,(H,22,26)/t19-/m1/s1. The number of nitrogens with zero attached hydrogens (tertiary/aromatic N) is 3. The second kappa shape index (κ2) is 7.82. The van der Waals surface area contributed by atoms with Gasteiger partial charge in [-0.05, 0) is 30.2 Å². The molecule has 1 N–H and O–H groups in total. The van der Waals surface area contributed by atoms with Crippen LogP contribution in [0.5, 0.6) is 5.75 Å². The third kappa shape index (κ3) is 3.75. The van der Waals surface area contributed by atoms with Crippen LogP contribution in [0.3, 0.4) is 0 Å². The van der Waals surface area contributed by atoms with Crippen molar-refractivity contribution in [1.29, 1.82) is 0 Å². The summed E-state index contributed by atoms with van der Waals surface area (Å²) in [6.45, 7) is 3.27. The minimum absolute atomic E-state index is 0.136. The van der Waals surface area contributed by atoms with Gasteiger partial charge in [-0.1, -0.05) is 47.2 Å². The van der Waals surface area contributed by atoms with Crippen LogP contribution in [0, 0.1) is 6.92 Å². The van der Waals surface area contributed by atoms with Gasteiger partial charge >= 0.3 is 0 Å². The molecular formula is C21H22N4O3. The van der Waals surface area contributed by atoms with Crippen LogP contribution < -0.4 is 10.1 Å². The van der Waals surface area contributed by atoms with E-state index in [9.17, 15) is 4.79 Å². The Bertz CT molecular complexity index is 982. The molecule has 7 heteroatoms. The number of carbonyl (C=O) groups is 1. The smallest absolute Gasteiger partial charge is 0.274 e. The lowest BCUT2D eigenvalue weighted by Crippen LogP contribution is -2.27. The van der Waals surface area contributed by atoms with E-state index in [0.29, 0.717) is 24.5 Å². The van der Waals surface area contributed by atoms with Gasteiger partial charge in [0.15, 0.2) is 5.69 Å². The summed E-state index contributed by atoms with van der Waals surface area (Å²) >= 11 is 0. The number of hydrogen-bond donors (Lipinski definition) is 1. The highest BCUT2D eigenvalue weighted by Gasteiger charge is 2.27. The van der Waals surface area contributed by atoms with Gasteiger partial charge in [-0.3, -0.25) is 4.79 Å².